The molecule has 4 aliphatic rings. The number of nitrogens with one attached hydrogen (secondary N) is 1. The van der Waals surface area contributed by atoms with E-state index in [1.54, 1.807) is 0 Å². The zero-order valence-corrected chi connectivity index (χ0v) is 21.1. The van der Waals surface area contributed by atoms with Crippen molar-refractivity contribution >= 4 is 39.1 Å². The molecule has 1 saturated heterocycles. The summed E-state index contributed by atoms with van der Waals surface area (Å²) in [5, 5.41) is 11.7. The van der Waals surface area contributed by atoms with Crippen LogP contribution in [0, 0.1) is 5.92 Å². The molecule has 4 rings (SSSR count). The first-order valence-electron chi connectivity index (χ1n) is 12.2. The molecule has 3 saturated carbocycles. The summed E-state index contributed by atoms with van der Waals surface area (Å²) >= 11 is 12.5. The first kappa shape index (κ1) is 25.9. The highest BCUT2D eigenvalue weighted by atomic mass is 35.5. The van der Waals surface area contributed by atoms with Crippen molar-refractivity contribution in [3.05, 3.63) is 0 Å². The summed E-state index contributed by atoms with van der Waals surface area (Å²) in [5.41, 5.74) is 0. The molecule has 0 aromatic heterocycles. The van der Waals surface area contributed by atoms with Gasteiger partial charge in [-0.15, -0.1) is 23.2 Å². The van der Waals surface area contributed by atoms with Gasteiger partial charge in [0.15, 0.2) is 0 Å². The number of hydrogen-bond acceptors (Lipinski definition) is 5. The van der Waals surface area contributed by atoms with Crippen LogP contribution in [-0.2, 0) is 19.6 Å². The zero-order valence-electron chi connectivity index (χ0n) is 18.8. The second-order valence-corrected chi connectivity index (χ2v) is 13.4. The maximum atomic E-state index is 14.4. The minimum absolute atomic E-state index is 0.0122. The number of sulfonamides is 1. The van der Waals surface area contributed by atoms with E-state index in [0.717, 1.165) is 0 Å². The summed E-state index contributed by atoms with van der Waals surface area (Å²) in [4.78, 5) is 12.9. The van der Waals surface area contributed by atoms with Gasteiger partial charge in [0.25, 0.3) is 0 Å². The molecule has 1 aliphatic heterocycles. The number of aliphatic hydroxyl groups excluding tert-OH is 1. The topological polar surface area (TPSA) is 95.9 Å². The van der Waals surface area contributed by atoms with Crippen molar-refractivity contribution in [1.29, 1.82) is 0 Å². The first-order valence-corrected chi connectivity index (χ1v) is 14.6. The second-order valence-electron chi connectivity index (χ2n) is 10.0. The molecule has 0 aromatic rings. The van der Waals surface area contributed by atoms with Crippen LogP contribution in [0.2, 0.25) is 0 Å². The average molecular weight is 530 g/mol. The molecule has 190 valence electrons. The number of hydrogen-bond donors (Lipinski definition) is 2. The fourth-order valence-corrected chi connectivity index (χ4v) is 8.87. The fourth-order valence-electron chi connectivity index (χ4n) is 5.96. The van der Waals surface area contributed by atoms with Crippen LogP contribution in [0.3, 0.4) is 0 Å². The van der Waals surface area contributed by atoms with Gasteiger partial charge in [-0.1, -0.05) is 0 Å². The lowest BCUT2D eigenvalue weighted by molar-refractivity contribution is -0.135. The van der Waals surface area contributed by atoms with Crippen LogP contribution < -0.4 is 5.32 Å². The largest absolute Gasteiger partial charge is 0.394 e. The number of morpholine rings is 1. The van der Waals surface area contributed by atoms with E-state index in [1.807, 2.05) is 0 Å². The molecule has 3 aliphatic carbocycles. The fraction of sp³-hybridized carbons (Fsp3) is 0.955. The van der Waals surface area contributed by atoms with Gasteiger partial charge in [-0.3, -0.25) is 4.79 Å². The van der Waals surface area contributed by atoms with Crippen LogP contribution in [0.25, 0.3) is 0 Å². The summed E-state index contributed by atoms with van der Waals surface area (Å²) in [5.74, 6) is -1.25. The molecule has 4 fully saturated rings. The van der Waals surface area contributed by atoms with E-state index in [0.29, 0.717) is 64.2 Å². The summed E-state index contributed by atoms with van der Waals surface area (Å²) < 4.78 is 49.2. The van der Waals surface area contributed by atoms with Crippen LogP contribution in [0.15, 0.2) is 0 Å². The van der Waals surface area contributed by atoms with Crippen molar-refractivity contribution < 1.29 is 27.4 Å². The van der Waals surface area contributed by atoms with Crippen LogP contribution in [0.1, 0.15) is 64.2 Å². The van der Waals surface area contributed by atoms with Gasteiger partial charge < -0.3 is 15.2 Å². The number of carbonyl (C=O) groups is 1. The normalized spacial score (nSPS) is 43.0. The minimum Gasteiger partial charge on any atom is -0.394 e. The number of alkyl halides is 3. The third kappa shape index (κ3) is 5.64. The van der Waals surface area contributed by atoms with Gasteiger partial charge in [0, 0.05) is 23.3 Å². The van der Waals surface area contributed by atoms with Crippen LogP contribution in [-0.4, -0.2) is 83.4 Å². The molecule has 1 amide bonds. The number of halogens is 3. The highest BCUT2D eigenvalue weighted by Crippen LogP contribution is 2.37. The van der Waals surface area contributed by atoms with E-state index >= 15 is 0 Å². The maximum Gasteiger partial charge on any atom is 0.227 e. The first-order chi connectivity index (χ1) is 15.7. The standard InChI is InChI=1S/C22H35Cl2FN2O5S/c23-13-4-7-16(8-5-13)33(30,31)27-11-15(12-28)32-20-9-6-14(10-19(20)27)26-22(29)21-17(24)2-1-3-18(21)25/h13-21,28H,1-12H2,(H,26,29)/t13?,14?,15-,16?,17?,18?,19?,20?,21?/m0/s1. The Morgan fingerprint density at radius 2 is 1.82 bits per heavy atom. The smallest absolute Gasteiger partial charge is 0.227 e. The molecule has 0 aromatic carbocycles. The summed E-state index contributed by atoms with van der Waals surface area (Å²) in [7, 11) is -3.62. The summed E-state index contributed by atoms with van der Waals surface area (Å²) in [6.45, 7) is -0.152. The molecule has 0 spiro atoms. The highest BCUT2D eigenvalue weighted by Gasteiger charge is 2.48. The molecule has 6 unspecified atom stereocenters. The van der Waals surface area contributed by atoms with Gasteiger partial charge in [0.05, 0.1) is 36.0 Å². The Bertz CT molecular complexity index is 788. The molecule has 7 atom stereocenters. The summed E-state index contributed by atoms with van der Waals surface area (Å²) in [6.07, 6.45) is 3.39. The molecule has 0 bridgehead atoms. The quantitative estimate of drug-likeness (QED) is 0.534. The van der Waals surface area contributed by atoms with Gasteiger partial charge in [0.2, 0.25) is 15.9 Å². The Labute approximate surface area is 205 Å². The second kappa shape index (κ2) is 10.8. The van der Waals surface area contributed by atoms with Gasteiger partial charge in [-0.25, -0.2) is 12.8 Å². The Morgan fingerprint density at radius 1 is 1.09 bits per heavy atom. The average Bonchev–Trinajstić information content (AvgIpc) is 2.78. The Hall–Kier alpha value is -0.190. The molecule has 11 heteroatoms. The number of nitrogens with zero attached hydrogens (tertiary/aromatic N) is 1. The lowest BCUT2D eigenvalue weighted by atomic mass is 9.84. The number of amides is 1. The number of fused-ring (bicyclic) bond motifs is 1. The van der Waals surface area contributed by atoms with Gasteiger partial charge in [-0.05, 0) is 64.2 Å². The van der Waals surface area contributed by atoms with Crippen molar-refractivity contribution in [1.82, 2.24) is 9.62 Å². The van der Waals surface area contributed by atoms with Gasteiger partial charge >= 0.3 is 0 Å². The predicted molar refractivity (Wildman–Crippen MR) is 125 cm³/mol. The third-order valence-electron chi connectivity index (χ3n) is 7.82. The number of carbonyl (C=O) groups excluding carboxylic acids is 1. The zero-order chi connectivity index (χ0) is 23.8. The van der Waals surface area contributed by atoms with E-state index < -0.39 is 44.9 Å². The molecular formula is C22H35Cl2FN2O5S. The molecule has 1 heterocycles. The Kier molecular flexibility index (Phi) is 8.49. The van der Waals surface area contributed by atoms with Crippen LogP contribution in [0.5, 0.6) is 0 Å². The van der Waals surface area contributed by atoms with E-state index in [-0.39, 0.29) is 36.6 Å². The van der Waals surface area contributed by atoms with Gasteiger partial charge in [-0.2, -0.15) is 4.31 Å². The monoisotopic (exact) mass is 528 g/mol. The van der Waals surface area contributed by atoms with Crippen molar-refractivity contribution in [2.24, 2.45) is 5.92 Å². The summed E-state index contributed by atoms with van der Waals surface area (Å²) in [6, 6.07) is -0.702. The van der Waals surface area contributed by atoms with Crippen molar-refractivity contribution in [3.8, 4) is 0 Å². The van der Waals surface area contributed by atoms with E-state index in [4.69, 9.17) is 27.9 Å². The molecule has 2 N–H and O–H groups in total. The maximum absolute atomic E-state index is 14.4. The molecular weight excluding hydrogens is 494 g/mol. The molecule has 33 heavy (non-hydrogen) atoms. The molecule has 0 radical (unpaired) electrons. The number of aliphatic hydroxyl groups is 1. The highest BCUT2D eigenvalue weighted by molar-refractivity contribution is 7.89. The Balaban J connectivity index is 1.47. The number of rotatable bonds is 5. The number of ether oxygens (including phenoxy) is 1. The minimum atomic E-state index is -3.62. The SMILES string of the molecule is O=C(NC1CCC2O[C@H](CO)CN(S(=O)(=O)C3CCC(Cl)CC3)C2C1)C1C(F)CCCC1Cl. The van der Waals surface area contributed by atoms with Crippen molar-refractivity contribution in [2.45, 2.75) is 111 Å². The van der Waals surface area contributed by atoms with E-state index in [9.17, 15) is 22.7 Å². The van der Waals surface area contributed by atoms with Crippen LogP contribution in [0.4, 0.5) is 4.39 Å². The molecule has 7 nitrogen and oxygen atoms in total. The third-order valence-corrected chi connectivity index (χ3v) is 11.1. The van der Waals surface area contributed by atoms with Crippen molar-refractivity contribution in [3.63, 3.8) is 0 Å². The lowest BCUT2D eigenvalue weighted by Crippen LogP contribution is -2.63. The lowest BCUT2D eigenvalue weighted by Gasteiger charge is -2.48. The predicted octanol–water partition coefficient (Wildman–Crippen LogP) is 2.71. The van der Waals surface area contributed by atoms with Crippen molar-refractivity contribution in [2.75, 3.05) is 13.2 Å². The van der Waals surface area contributed by atoms with Gasteiger partial charge in [0.1, 0.15) is 6.17 Å². The Morgan fingerprint density at radius 3 is 2.48 bits per heavy atom. The van der Waals surface area contributed by atoms with E-state index in [1.165, 1.54) is 4.31 Å². The van der Waals surface area contributed by atoms with E-state index in [2.05, 4.69) is 5.32 Å². The van der Waals surface area contributed by atoms with Crippen LogP contribution >= 0.6 is 23.2 Å².